The molecule has 0 bridgehead atoms. The second-order valence-corrected chi connectivity index (χ2v) is 8.37. The summed E-state index contributed by atoms with van der Waals surface area (Å²) >= 11 is 0. The van der Waals surface area contributed by atoms with Crippen LogP contribution < -0.4 is 0 Å². The van der Waals surface area contributed by atoms with Crippen LogP contribution in [-0.4, -0.2) is 42.8 Å². The van der Waals surface area contributed by atoms with E-state index in [4.69, 9.17) is 0 Å². The molecule has 3 nitrogen and oxygen atoms in total. The molecule has 0 saturated carbocycles. The fourth-order valence-electron chi connectivity index (χ4n) is 4.79. The third kappa shape index (κ3) is 3.90. The highest BCUT2D eigenvalue weighted by Gasteiger charge is 2.44. The SMILES string of the molecule is CN(C)C=C1C=CC(C(c2ccccc2)(c2ccccc2)N2CCCC(=O)C2)=CC1. The first-order chi connectivity index (χ1) is 14.6. The maximum absolute atomic E-state index is 12.5. The number of allylic oxidation sites excluding steroid dienone is 3. The number of benzene rings is 2. The van der Waals surface area contributed by atoms with E-state index in [1.54, 1.807) is 0 Å². The number of likely N-dealkylation sites (tertiary alicyclic amines) is 1. The van der Waals surface area contributed by atoms with Crippen LogP contribution in [0.3, 0.4) is 0 Å². The molecule has 154 valence electrons. The summed E-state index contributed by atoms with van der Waals surface area (Å²) < 4.78 is 0. The first-order valence-corrected chi connectivity index (χ1v) is 10.7. The number of nitrogens with zero attached hydrogens (tertiary/aromatic N) is 2. The molecule has 1 aliphatic heterocycles. The van der Waals surface area contributed by atoms with Crippen molar-refractivity contribution in [1.29, 1.82) is 0 Å². The molecule has 0 N–H and O–H groups in total. The molecule has 0 unspecified atom stereocenters. The zero-order valence-corrected chi connectivity index (χ0v) is 17.9. The number of ketones is 1. The van der Waals surface area contributed by atoms with E-state index in [1.807, 2.05) is 0 Å². The van der Waals surface area contributed by atoms with Gasteiger partial charge in [-0.05, 0) is 35.1 Å². The van der Waals surface area contributed by atoms with Crippen LogP contribution in [0.2, 0.25) is 0 Å². The van der Waals surface area contributed by atoms with E-state index >= 15 is 0 Å². The van der Waals surface area contributed by atoms with Crippen molar-refractivity contribution in [3.8, 4) is 0 Å². The number of hydrogen-bond acceptors (Lipinski definition) is 3. The smallest absolute Gasteiger partial charge is 0.146 e. The van der Waals surface area contributed by atoms with Crippen LogP contribution in [-0.2, 0) is 10.3 Å². The minimum absolute atomic E-state index is 0.325. The number of Topliss-reactive ketones (excluding diaryl/α,β-unsaturated/α-hetero) is 1. The van der Waals surface area contributed by atoms with Crippen molar-refractivity contribution in [2.45, 2.75) is 24.8 Å². The minimum Gasteiger partial charge on any atom is -0.383 e. The van der Waals surface area contributed by atoms with E-state index in [0.29, 0.717) is 18.7 Å². The standard InChI is InChI=1S/C27H30N2O/c1-28(2)20-22-15-17-25(18-16-22)27(23-10-5-3-6-11-23,24-12-7-4-8-13-24)29-19-9-14-26(30)21-29/h3-8,10-13,15,17-18,20H,9,14,16,19,21H2,1-2H3. The Morgan fingerprint density at radius 1 is 0.933 bits per heavy atom. The lowest BCUT2D eigenvalue weighted by Crippen LogP contribution is -2.52. The molecule has 2 aromatic rings. The number of piperidine rings is 1. The van der Waals surface area contributed by atoms with Crippen molar-refractivity contribution in [2.24, 2.45) is 0 Å². The Balaban J connectivity index is 1.91. The molecule has 0 radical (unpaired) electrons. The van der Waals surface area contributed by atoms with Crippen LogP contribution in [0.5, 0.6) is 0 Å². The molecule has 3 heteroatoms. The van der Waals surface area contributed by atoms with Crippen LogP contribution in [0.25, 0.3) is 0 Å². The first-order valence-electron chi connectivity index (χ1n) is 10.7. The molecule has 1 fully saturated rings. The molecule has 2 aromatic carbocycles. The molecule has 2 aliphatic rings. The number of rotatable bonds is 5. The minimum atomic E-state index is -0.473. The second kappa shape index (κ2) is 8.85. The quantitative estimate of drug-likeness (QED) is 0.714. The van der Waals surface area contributed by atoms with Crippen LogP contribution in [0, 0.1) is 0 Å². The molecular formula is C27H30N2O. The summed E-state index contributed by atoms with van der Waals surface area (Å²) in [5.41, 5.74) is 4.47. The molecule has 0 amide bonds. The highest BCUT2D eigenvalue weighted by atomic mass is 16.1. The number of carbonyl (C=O) groups excluding carboxylic acids is 1. The van der Waals surface area contributed by atoms with Gasteiger partial charge in [0, 0.05) is 33.3 Å². The Bertz CT molecular complexity index is 931. The van der Waals surface area contributed by atoms with Gasteiger partial charge in [0.2, 0.25) is 0 Å². The van der Waals surface area contributed by atoms with Gasteiger partial charge in [0.1, 0.15) is 5.78 Å². The van der Waals surface area contributed by atoms with Crippen LogP contribution in [0.1, 0.15) is 30.4 Å². The van der Waals surface area contributed by atoms with Crippen molar-refractivity contribution in [3.63, 3.8) is 0 Å². The lowest BCUT2D eigenvalue weighted by molar-refractivity contribution is -0.123. The maximum Gasteiger partial charge on any atom is 0.146 e. The third-order valence-corrected chi connectivity index (χ3v) is 5.98. The molecule has 1 saturated heterocycles. The summed E-state index contributed by atoms with van der Waals surface area (Å²) in [6.45, 7) is 1.39. The summed E-state index contributed by atoms with van der Waals surface area (Å²) in [6, 6.07) is 21.3. The van der Waals surface area contributed by atoms with E-state index in [-0.39, 0.29) is 0 Å². The number of carbonyl (C=O) groups is 1. The first kappa shape index (κ1) is 20.4. The van der Waals surface area contributed by atoms with Crippen LogP contribution in [0.4, 0.5) is 0 Å². The Kier molecular flexibility index (Phi) is 6.01. The molecule has 0 atom stereocenters. The van der Waals surface area contributed by atoms with Gasteiger partial charge in [-0.1, -0.05) is 78.9 Å². The Hall–Kier alpha value is -2.91. The van der Waals surface area contributed by atoms with Gasteiger partial charge in [-0.25, -0.2) is 0 Å². The number of hydrogen-bond donors (Lipinski definition) is 0. The average molecular weight is 399 g/mol. The van der Waals surface area contributed by atoms with Crippen molar-refractivity contribution < 1.29 is 4.79 Å². The van der Waals surface area contributed by atoms with E-state index in [0.717, 1.165) is 19.4 Å². The van der Waals surface area contributed by atoms with Gasteiger partial charge in [-0.2, -0.15) is 0 Å². The van der Waals surface area contributed by atoms with Gasteiger partial charge in [0.05, 0.1) is 12.1 Å². The highest BCUT2D eigenvalue weighted by molar-refractivity contribution is 5.81. The van der Waals surface area contributed by atoms with Gasteiger partial charge in [-0.15, -0.1) is 0 Å². The molecule has 1 aliphatic carbocycles. The van der Waals surface area contributed by atoms with Crippen LogP contribution >= 0.6 is 0 Å². The lowest BCUT2D eigenvalue weighted by Gasteiger charge is -2.48. The van der Waals surface area contributed by atoms with Crippen molar-refractivity contribution in [1.82, 2.24) is 9.80 Å². The van der Waals surface area contributed by atoms with Crippen molar-refractivity contribution in [2.75, 3.05) is 27.2 Å². The molecule has 4 rings (SSSR count). The topological polar surface area (TPSA) is 23.6 Å². The zero-order valence-electron chi connectivity index (χ0n) is 17.9. The second-order valence-electron chi connectivity index (χ2n) is 8.37. The molecule has 1 heterocycles. The summed E-state index contributed by atoms with van der Waals surface area (Å²) in [7, 11) is 4.11. The lowest BCUT2D eigenvalue weighted by atomic mass is 9.72. The van der Waals surface area contributed by atoms with Crippen LogP contribution in [0.15, 0.2) is 96.2 Å². The summed E-state index contributed by atoms with van der Waals surface area (Å²) in [5, 5.41) is 0. The average Bonchev–Trinajstić information content (AvgIpc) is 2.77. The Labute approximate surface area is 180 Å². The Morgan fingerprint density at radius 2 is 1.57 bits per heavy atom. The normalized spacial score (nSPS) is 19.1. The molecule has 0 spiro atoms. The third-order valence-electron chi connectivity index (χ3n) is 5.98. The molecule has 30 heavy (non-hydrogen) atoms. The largest absolute Gasteiger partial charge is 0.383 e. The summed E-state index contributed by atoms with van der Waals surface area (Å²) in [4.78, 5) is 17.0. The summed E-state index contributed by atoms with van der Waals surface area (Å²) in [6.07, 6.45) is 11.5. The van der Waals surface area contributed by atoms with E-state index in [9.17, 15) is 4.79 Å². The monoisotopic (exact) mass is 398 g/mol. The predicted octanol–water partition coefficient (Wildman–Crippen LogP) is 4.93. The van der Waals surface area contributed by atoms with Gasteiger partial charge in [0.25, 0.3) is 0 Å². The summed E-state index contributed by atoms with van der Waals surface area (Å²) in [5.74, 6) is 0.325. The van der Waals surface area contributed by atoms with Crippen molar-refractivity contribution >= 4 is 5.78 Å². The van der Waals surface area contributed by atoms with Gasteiger partial charge < -0.3 is 4.90 Å². The van der Waals surface area contributed by atoms with E-state index in [1.165, 1.54) is 22.3 Å². The molecular weight excluding hydrogens is 368 g/mol. The fourth-order valence-corrected chi connectivity index (χ4v) is 4.79. The van der Waals surface area contributed by atoms with E-state index < -0.39 is 5.54 Å². The fraction of sp³-hybridized carbons (Fsp3) is 0.296. The van der Waals surface area contributed by atoms with Gasteiger partial charge >= 0.3 is 0 Å². The van der Waals surface area contributed by atoms with Gasteiger partial charge in [-0.3, -0.25) is 9.69 Å². The highest BCUT2D eigenvalue weighted by Crippen LogP contribution is 2.45. The van der Waals surface area contributed by atoms with Gasteiger partial charge in [0.15, 0.2) is 0 Å². The van der Waals surface area contributed by atoms with E-state index in [2.05, 4.69) is 109 Å². The predicted molar refractivity (Wildman–Crippen MR) is 123 cm³/mol. The Morgan fingerprint density at radius 3 is 2.07 bits per heavy atom. The van der Waals surface area contributed by atoms with Crippen molar-refractivity contribution in [3.05, 3.63) is 107 Å². The maximum atomic E-state index is 12.5. The molecule has 0 aromatic heterocycles. The zero-order chi connectivity index (χ0) is 21.0.